The molecule has 6 fully saturated rings. The van der Waals surface area contributed by atoms with Gasteiger partial charge in [-0.3, -0.25) is 9.59 Å². The number of carbonyl (C=O) groups is 3. The van der Waals surface area contributed by atoms with Crippen LogP contribution in [0.4, 0.5) is 0 Å². The summed E-state index contributed by atoms with van der Waals surface area (Å²) in [5.74, 6) is -7.16. The number of thioether (sulfide) groups is 1. The average molecular weight is 1010 g/mol. The highest BCUT2D eigenvalue weighted by molar-refractivity contribution is 8.22. The van der Waals surface area contributed by atoms with Crippen LogP contribution >= 0.6 is 24.0 Å². The lowest BCUT2D eigenvalue weighted by molar-refractivity contribution is -0.300. The number of methoxy groups -OCH3 is 3. The highest BCUT2D eigenvalue weighted by Gasteiger charge is 2.87. The number of fused-ring (bicyclic) bond motifs is 1. The average Bonchev–Trinajstić information content (AvgIpc) is 4.04. The maximum Gasteiger partial charge on any atom is 0.366 e. The number of hydrogen-bond donors (Lipinski definition) is 1. The van der Waals surface area contributed by atoms with Crippen molar-refractivity contribution < 1.29 is 71.3 Å². The van der Waals surface area contributed by atoms with E-state index in [9.17, 15) is 14.7 Å². The molecule has 2 aromatic rings. The Kier molecular flexibility index (Phi) is 14.5. The number of ketones is 1. The molecule has 8 rings (SSSR count). The van der Waals surface area contributed by atoms with Crippen LogP contribution in [0.5, 0.6) is 0 Å². The lowest BCUT2D eigenvalue weighted by atomic mass is 9.39. The van der Waals surface area contributed by atoms with Crippen LogP contribution in [0.1, 0.15) is 58.1 Å². The van der Waals surface area contributed by atoms with Gasteiger partial charge in [0.05, 0.1) is 70.3 Å². The van der Waals surface area contributed by atoms with Crippen molar-refractivity contribution in [3.8, 4) is 0 Å². The zero-order valence-corrected chi connectivity index (χ0v) is 43.7. The summed E-state index contributed by atoms with van der Waals surface area (Å²) in [5.41, 5.74) is -1.66. The van der Waals surface area contributed by atoms with Crippen LogP contribution in [0.3, 0.4) is 0 Å². The minimum Gasteiger partial charge on any atom is -0.472 e. The zero-order valence-electron chi connectivity index (χ0n) is 41.1. The van der Waals surface area contributed by atoms with Crippen LogP contribution in [0, 0.1) is 28.1 Å². The molecule has 15 nitrogen and oxygen atoms in total. The Morgan fingerprint density at radius 2 is 1.55 bits per heavy atom. The van der Waals surface area contributed by atoms with E-state index in [2.05, 4.69) is 46.2 Å². The Balaban J connectivity index is 1.31. The minimum atomic E-state index is -2.71. The largest absolute Gasteiger partial charge is 0.472 e. The first-order valence-corrected chi connectivity index (χ1v) is 27.9. The smallest absolute Gasteiger partial charge is 0.366 e. The van der Waals surface area contributed by atoms with Gasteiger partial charge in [0.2, 0.25) is 4.38 Å². The van der Waals surface area contributed by atoms with Crippen molar-refractivity contribution in [3.63, 3.8) is 0 Å². The van der Waals surface area contributed by atoms with Crippen molar-refractivity contribution in [2.45, 2.75) is 133 Å². The number of ether oxygens (including phenoxy) is 10. The van der Waals surface area contributed by atoms with Gasteiger partial charge in [0, 0.05) is 43.3 Å². The first-order chi connectivity index (χ1) is 32.7. The summed E-state index contributed by atoms with van der Waals surface area (Å²) in [5, 5.41) is 12.9. The Bertz CT molecular complexity index is 2320. The van der Waals surface area contributed by atoms with Gasteiger partial charge in [-0.15, -0.1) is 5.73 Å². The highest BCUT2D eigenvalue weighted by Crippen LogP contribution is 2.74. The molecule has 1 N–H and O–H groups in total. The van der Waals surface area contributed by atoms with E-state index in [1.807, 2.05) is 60.7 Å². The number of aliphatic hydroxyl groups is 1. The SMILES string of the molecule is C=C=C([C@@H]1C[C@H](OC(=S)SC)[C@@]2(OCc3ccccc3)C[C@@H](OC)O[C@H]2O1)[C@]1(C)C(=O)[C@@H]2OC[C@]3(C(=O)OC)[C@H](O[Si](C)(C)C(C)(C)C)C[C@H](O)[C@@]4(CO[C@](OCc5ccccc5)(C(=O)OC)[C@@H]14)[C@@H]23. The summed E-state index contributed by atoms with van der Waals surface area (Å²) in [6.07, 6.45) is -5.67. The van der Waals surface area contributed by atoms with Crippen molar-refractivity contribution in [2.75, 3.05) is 40.8 Å². The molecule has 0 aromatic heterocycles. The van der Waals surface area contributed by atoms with E-state index in [0.29, 0.717) is 5.56 Å². The van der Waals surface area contributed by atoms with E-state index in [1.54, 1.807) is 13.2 Å². The predicted octanol–water partition coefficient (Wildman–Crippen LogP) is 6.83. The molecule has 2 aromatic carbocycles. The zero-order chi connectivity index (χ0) is 50.0. The lowest BCUT2D eigenvalue weighted by Gasteiger charge is -2.63. The molecular weight excluding hydrogens is 945 g/mol. The fourth-order valence-corrected chi connectivity index (χ4v) is 13.9. The highest BCUT2D eigenvalue weighted by atomic mass is 32.2. The number of carbonyl (C=O) groups excluding carboxylic acids is 3. The van der Waals surface area contributed by atoms with Crippen LogP contribution in [0.25, 0.3) is 0 Å². The van der Waals surface area contributed by atoms with Crippen molar-refractivity contribution in [2.24, 2.45) is 28.1 Å². The molecule has 4 saturated heterocycles. The van der Waals surface area contributed by atoms with Gasteiger partial charge in [0.25, 0.3) is 5.79 Å². The second-order valence-corrected chi connectivity index (χ2v) is 26.9. The topological polar surface area (TPSA) is 173 Å². The standard InChI is InChI=1S/C51H66O15S2Si/c1-12-32(33-23-36(64-45(67)68-9)50(25-37(56-6)65-44(50)63-33)60-26-30-19-15-13-16-20-30)47(5)40(53)38-39-48(29-62-51(41(47)48,43(55)58-8)61-27-31-21-17-14-18-22-31)34(52)24-35(66-69(10,11)46(2,3)4)49(39,28-59-38)42(54)57-7/h13-22,33-39,41,44,52H,1,23-29H2,2-11H3/t33-,34-,35+,36-,37-,38+,39+,41-,44+,47+,48-,49-,50-,51-/m0/s1. The number of esters is 2. The van der Waals surface area contributed by atoms with Crippen molar-refractivity contribution in [1.29, 1.82) is 0 Å². The molecule has 0 unspecified atom stereocenters. The van der Waals surface area contributed by atoms with Gasteiger partial charge in [0.15, 0.2) is 32.3 Å². The van der Waals surface area contributed by atoms with Crippen LogP contribution in [-0.2, 0) is 79.4 Å². The molecular formula is C51H66O15S2Si. The summed E-state index contributed by atoms with van der Waals surface area (Å²) < 4.78 is 71.6. The molecule has 4 aliphatic heterocycles. The molecule has 2 saturated carbocycles. The van der Waals surface area contributed by atoms with E-state index in [0.717, 1.165) is 5.56 Å². The fourth-order valence-electron chi connectivity index (χ4n) is 12.2. The third kappa shape index (κ3) is 8.14. The monoisotopic (exact) mass is 1010 g/mol. The van der Waals surface area contributed by atoms with Gasteiger partial charge in [-0.25, -0.2) is 4.79 Å². The van der Waals surface area contributed by atoms with E-state index < -0.39 is 109 Å². The molecule has 0 amide bonds. The molecule has 69 heavy (non-hydrogen) atoms. The Morgan fingerprint density at radius 1 is 0.928 bits per heavy atom. The van der Waals surface area contributed by atoms with Gasteiger partial charge in [0.1, 0.15) is 17.6 Å². The van der Waals surface area contributed by atoms with Gasteiger partial charge in [-0.1, -0.05) is 99.8 Å². The molecule has 14 atom stereocenters. The van der Waals surface area contributed by atoms with Gasteiger partial charge < -0.3 is 56.9 Å². The van der Waals surface area contributed by atoms with E-state index in [-0.39, 0.29) is 60.7 Å². The molecule has 0 radical (unpaired) electrons. The maximum atomic E-state index is 16.4. The van der Waals surface area contributed by atoms with Crippen LogP contribution in [0.2, 0.25) is 18.1 Å². The quantitative estimate of drug-likeness (QED) is 0.0902. The molecule has 6 aliphatic rings. The molecule has 0 bridgehead atoms. The van der Waals surface area contributed by atoms with Crippen molar-refractivity contribution in [1.82, 2.24) is 0 Å². The third-order valence-electron chi connectivity index (χ3n) is 16.5. The Morgan fingerprint density at radius 3 is 2.12 bits per heavy atom. The summed E-state index contributed by atoms with van der Waals surface area (Å²) in [7, 11) is 1.31. The predicted molar refractivity (Wildman–Crippen MR) is 259 cm³/mol. The molecule has 4 heterocycles. The van der Waals surface area contributed by atoms with Crippen LogP contribution in [0.15, 0.2) is 78.5 Å². The van der Waals surface area contributed by atoms with Crippen molar-refractivity contribution >= 4 is 54.4 Å². The number of Topliss-reactive ketones (excluding diaryl/α,β-unsaturated/α-hetero) is 1. The van der Waals surface area contributed by atoms with Gasteiger partial charge >= 0.3 is 11.9 Å². The summed E-state index contributed by atoms with van der Waals surface area (Å²) in [6, 6.07) is 18.8. The van der Waals surface area contributed by atoms with E-state index in [1.165, 1.54) is 33.1 Å². The third-order valence-corrected chi connectivity index (χ3v) is 22.0. The summed E-state index contributed by atoms with van der Waals surface area (Å²) in [6.45, 7) is 15.6. The Hall–Kier alpha value is -3.33. The summed E-state index contributed by atoms with van der Waals surface area (Å²) >= 11 is 6.95. The minimum absolute atomic E-state index is 0.0230. The molecule has 18 heteroatoms. The normalized spacial score (nSPS) is 38.0. The lowest BCUT2D eigenvalue weighted by Crippen LogP contribution is -2.76. The number of rotatable bonds is 14. The number of hydrogen-bond acceptors (Lipinski definition) is 17. The summed E-state index contributed by atoms with van der Waals surface area (Å²) in [4.78, 5) is 46.2. The molecule has 1 spiro atoms. The van der Waals surface area contributed by atoms with Gasteiger partial charge in [-0.05, 0) is 54.7 Å². The molecule has 2 aliphatic carbocycles. The number of thiocarbonyl (C=S) groups is 1. The van der Waals surface area contributed by atoms with Crippen LogP contribution < -0.4 is 0 Å². The molecule has 376 valence electrons. The van der Waals surface area contributed by atoms with E-state index >= 15 is 4.79 Å². The van der Waals surface area contributed by atoms with E-state index in [4.69, 9.17) is 64.0 Å². The second kappa shape index (κ2) is 19.3. The number of aliphatic hydroxyl groups excluding tert-OH is 1. The van der Waals surface area contributed by atoms with Crippen LogP contribution in [-0.4, -0.2) is 131 Å². The first kappa shape index (κ1) is 52.0. The number of benzene rings is 2. The Labute approximate surface area is 415 Å². The fraction of sp³-hybridized carbons (Fsp3) is 0.627. The first-order valence-electron chi connectivity index (χ1n) is 23.4. The maximum absolute atomic E-state index is 16.4. The second-order valence-electron chi connectivity index (χ2n) is 20.8. The van der Waals surface area contributed by atoms with Crippen molar-refractivity contribution in [3.05, 3.63) is 89.7 Å². The van der Waals surface area contributed by atoms with Gasteiger partial charge in [-0.2, -0.15) is 0 Å².